The zero-order valence-corrected chi connectivity index (χ0v) is 4.85. The molecule has 0 nitrogen and oxygen atoms in total. The minimum atomic E-state index is 0.969. The lowest BCUT2D eigenvalue weighted by atomic mass is 10.2. The Labute approximate surface area is 50.2 Å². The van der Waals surface area contributed by atoms with Gasteiger partial charge in [-0.3, -0.25) is 0 Å². The van der Waals surface area contributed by atoms with E-state index in [9.17, 15) is 0 Å². The molecule has 0 N–H and O–H groups in total. The van der Waals surface area contributed by atoms with E-state index in [4.69, 9.17) is 0 Å². The molecule has 0 unspecified atom stereocenters. The molecule has 0 heteroatoms. The van der Waals surface area contributed by atoms with Crippen molar-refractivity contribution in [1.29, 1.82) is 0 Å². The second-order valence-electron chi connectivity index (χ2n) is 1.80. The van der Waals surface area contributed by atoms with Crippen LogP contribution in [0.15, 0.2) is 30.4 Å². The van der Waals surface area contributed by atoms with Crippen molar-refractivity contribution in [2.75, 3.05) is 0 Å². The van der Waals surface area contributed by atoms with Crippen molar-refractivity contribution in [2.24, 2.45) is 0 Å². The van der Waals surface area contributed by atoms with E-state index in [0.29, 0.717) is 0 Å². The highest BCUT2D eigenvalue weighted by Gasteiger charge is 1.92. The predicted octanol–water partition coefficient (Wildman–Crippen LogP) is 2.25. The maximum Gasteiger partial charge on any atom is -0.00884 e. The first kappa shape index (κ1) is 5.36. The summed E-state index contributed by atoms with van der Waals surface area (Å²) in [5.74, 6) is 0. The van der Waals surface area contributed by atoms with E-state index in [1.807, 2.05) is 6.08 Å². The van der Waals surface area contributed by atoms with Crippen LogP contribution in [0.25, 0.3) is 0 Å². The Kier molecular flexibility index (Phi) is 1.68. The fourth-order valence-electron chi connectivity index (χ4n) is 0.746. The monoisotopic (exact) mass is 105 g/mol. The largest absolute Gasteiger partial charge is 0.103 e. The van der Waals surface area contributed by atoms with Crippen molar-refractivity contribution in [2.45, 2.75) is 12.8 Å². The number of hydrogen-bond donors (Lipinski definition) is 0. The van der Waals surface area contributed by atoms with Crippen LogP contribution >= 0.6 is 0 Å². The van der Waals surface area contributed by atoms with Gasteiger partial charge in [-0.15, -0.1) is 6.58 Å². The summed E-state index contributed by atoms with van der Waals surface area (Å²) >= 11 is 0. The van der Waals surface area contributed by atoms with E-state index in [1.165, 1.54) is 5.57 Å². The Morgan fingerprint density at radius 2 is 2.75 bits per heavy atom. The third-order valence-corrected chi connectivity index (χ3v) is 1.13. The third kappa shape index (κ3) is 1.09. The summed E-state index contributed by atoms with van der Waals surface area (Å²) in [6.07, 6.45) is 11.3. The van der Waals surface area contributed by atoms with Crippen molar-refractivity contribution >= 4 is 0 Å². The van der Waals surface area contributed by atoms with Gasteiger partial charge >= 0.3 is 0 Å². The first-order chi connectivity index (χ1) is 3.93. The molecule has 0 saturated heterocycles. The van der Waals surface area contributed by atoms with E-state index >= 15 is 0 Å². The fraction of sp³-hybridized carbons (Fsp3) is 0.250. The molecule has 0 bridgehead atoms. The van der Waals surface area contributed by atoms with Crippen LogP contribution < -0.4 is 0 Å². The van der Waals surface area contributed by atoms with Crippen LogP contribution in [0, 0.1) is 6.08 Å². The van der Waals surface area contributed by atoms with Crippen molar-refractivity contribution in [1.82, 2.24) is 0 Å². The molecule has 0 aromatic heterocycles. The molecule has 1 rings (SSSR count). The quantitative estimate of drug-likeness (QED) is 0.472. The van der Waals surface area contributed by atoms with Crippen LogP contribution in [0.1, 0.15) is 12.8 Å². The van der Waals surface area contributed by atoms with E-state index in [1.54, 1.807) is 0 Å². The standard InChI is InChI=1S/C8H9/c1-2-5-8-6-3-4-7-8/h2-3,6H,1,4-5H2. The third-order valence-electron chi connectivity index (χ3n) is 1.13. The van der Waals surface area contributed by atoms with Crippen molar-refractivity contribution in [3.05, 3.63) is 36.5 Å². The van der Waals surface area contributed by atoms with Crippen LogP contribution in [0.4, 0.5) is 0 Å². The predicted molar refractivity (Wildman–Crippen MR) is 35.3 cm³/mol. The van der Waals surface area contributed by atoms with Gasteiger partial charge in [-0.2, -0.15) is 0 Å². The molecule has 0 saturated carbocycles. The zero-order chi connectivity index (χ0) is 5.82. The highest BCUT2D eigenvalue weighted by molar-refractivity contribution is 5.23. The summed E-state index contributed by atoms with van der Waals surface area (Å²) in [7, 11) is 0. The van der Waals surface area contributed by atoms with E-state index < -0.39 is 0 Å². The average molecular weight is 105 g/mol. The van der Waals surface area contributed by atoms with Gasteiger partial charge in [0.05, 0.1) is 0 Å². The van der Waals surface area contributed by atoms with Crippen LogP contribution in [-0.4, -0.2) is 0 Å². The molecule has 1 aliphatic rings. The normalized spacial score (nSPS) is 16.2. The summed E-state index contributed by atoms with van der Waals surface area (Å²) < 4.78 is 0. The molecule has 1 aliphatic carbocycles. The van der Waals surface area contributed by atoms with Gasteiger partial charge in [0.1, 0.15) is 0 Å². The molecular weight excluding hydrogens is 96.1 g/mol. The molecule has 0 spiro atoms. The van der Waals surface area contributed by atoms with Crippen LogP contribution in [0.5, 0.6) is 0 Å². The highest BCUT2D eigenvalue weighted by atomic mass is 14.0. The molecule has 0 fully saturated rings. The maximum absolute atomic E-state index is 3.63. The lowest BCUT2D eigenvalue weighted by molar-refractivity contribution is 1.26. The Balaban J connectivity index is 2.45. The van der Waals surface area contributed by atoms with Crippen LogP contribution in [0.2, 0.25) is 0 Å². The SMILES string of the molecule is C=CCC1=[C]CC=C1. The molecular formula is C8H9. The first-order valence-corrected chi connectivity index (χ1v) is 2.80. The number of allylic oxidation sites excluding steroid dienone is 5. The molecule has 0 aromatic carbocycles. The van der Waals surface area contributed by atoms with Gasteiger partial charge in [0.2, 0.25) is 0 Å². The molecule has 0 heterocycles. The van der Waals surface area contributed by atoms with Gasteiger partial charge in [0, 0.05) is 0 Å². The fourth-order valence-corrected chi connectivity index (χ4v) is 0.746. The Hall–Kier alpha value is -0.780. The van der Waals surface area contributed by atoms with Crippen LogP contribution in [0.3, 0.4) is 0 Å². The smallest absolute Gasteiger partial charge is 0.00884 e. The van der Waals surface area contributed by atoms with E-state index in [0.717, 1.165) is 12.8 Å². The number of rotatable bonds is 2. The summed E-state index contributed by atoms with van der Waals surface area (Å²) in [5, 5.41) is 0. The average Bonchev–Trinajstić information content (AvgIpc) is 2.19. The van der Waals surface area contributed by atoms with E-state index in [-0.39, 0.29) is 0 Å². The number of hydrogen-bond acceptors (Lipinski definition) is 0. The maximum atomic E-state index is 3.63. The molecule has 0 atom stereocenters. The Bertz CT molecular complexity index is 138. The molecule has 0 aliphatic heterocycles. The lowest BCUT2D eigenvalue weighted by Gasteiger charge is -1.85. The summed E-state index contributed by atoms with van der Waals surface area (Å²) in [5.41, 5.74) is 1.28. The Morgan fingerprint density at radius 3 is 3.25 bits per heavy atom. The lowest BCUT2D eigenvalue weighted by Crippen LogP contribution is -1.67. The minimum Gasteiger partial charge on any atom is -0.103 e. The van der Waals surface area contributed by atoms with Gasteiger partial charge in [0.25, 0.3) is 0 Å². The molecule has 0 aromatic rings. The summed E-state index contributed by atoms with van der Waals surface area (Å²) in [6.45, 7) is 3.63. The van der Waals surface area contributed by atoms with E-state index in [2.05, 4.69) is 24.8 Å². The molecule has 1 radical (unpaired) electrons. The van der Waals surface area contributed by atoms with Gasteiger partial charge in [-0.1, -0.05) is 18.2 Å². The van der Waals surface area contributed by atoms with Gasteiger partial charge < -0.3 is 0 Å². The van der Waals surface area contributed by atoms with Crippen LogP contribution in [-0.2, 0) is 0 Å². The topological polar surface area (TPSA) is 0 Å². The van der Waals surface area contributed by atoms with Crippen molar-refractivity contribution in [3.8, 4) is 0 Å². The zero-order valence-electron chi connectivity index (χ0n) is 4.85. The van der Waals surface area contributed by atoms with Crippen molar-refractivity contribution in [3.63, 3.8) is 0 Å². The Morgan fingerprint density at radius 1 is 1.88 bits per heavy atom. The molecule has 8 heavy (non-hydrogen) atoms. The molecule has 0 amide bonds. The van der Waals surface area contributed by atoms with Crippen molar-refractivity contribution < 1.29 is 0 Å². The van der Waals surface area contributed by atoms with Gasteiger partial charge in [0.15, 0.2) is 0 Å². The minimum absolute atomic E-state index is 0.969. The summed E-state index contributed by atoms with van der Waals surface area (Å²) in [6, 6.07) is 0. The molecule has 41 valence electrons. The second kappa shape index (κ2) is 2.51. The van der Waals surface area contributed by atoms with Gasteiger partial charge in [-0.25, -0.2) is 0 Å². The second-order valence-corrected chi connectivity index (χ2v) is 1.80. The summed E-state index contributed by atoms with van der Waals surface area (Å²) in [4.78, 5) is 0. The first-order valence-electron chi connectivity index (χ1n) is 2.80. The highest BCUT2D eigenvalue weighted by Crippen LogP contribution is 2.10. The van der Waals surface area contributed by atoms with Gasteiger partial charge in [-0.05, 0) is 24.5 Å².